The van der Waals surface area contributed by atoms with Gasteiger partial charge < -0.3 is 0 Å². The van der Waals surface area contributed by atoms with Crippen LogP contribution in [0.2, 0.25) is 0 Å². The summed E-state index contributed by atoms with van der Waals surface area (Å²) in [6, 6.07) is 30.1. The molecule has 0 aliphatic heterocycles. The lowest BCUT2D eigenvalue weighted by Crippen LogP contribution is -2.30. The Morgan fingerprint density at radius 3 is 2.50 bits per heavy atom. The van der Waals surface area contributed by atoms with E-state index in [4.69, 9.17) is 9.97 Å². The molecule has 0 unspecified atom stereocenters. The summed E-state index contributed by atoms with van der Waals surface area (Å²) in [5, 5.41) is 11.0. The summed E-state index contributed by atoms with van der Waals surface area (Å²) in [6.45, 7) is 4.39. The van der Waals surface area contributed by atoms with Crippen molar-refractivity contribution < 1.29 is 0 Å². The van der Waals surface area contributed by atoms with Gasteiger partial charge in [-0.05, 0) is 54.7 Å². The minimum Gasteiger partial charge on any atom is -0.291 e. The van der Waals surface area contributed by atoms with E-state index in [0.717, 1.165) is 58.2 Å². The van der Waals surface area contributed by atoms with Crippen LogP contribution in [0, 0.1) is 18.3 Å². The van der Waals surface area contributed by atoms with E-state index in [0.29, 0.717) is 29.9 Å². The lowest BCUT2D eigenvalue weighted by atomic mass is 9.95. The molecule has 5 aromatic rings. The molecule has 5 rings (SSSR count). The molecule has 0 aliphatic carbocycles. The van der Waals surface area contributed by atoms with Gasteiger partial charge in [-0.1, -0.05) is 80.1 Å². The summed E-state index contributed by atoms with van der Waals surface area (Å²) in [5.74, 6) is 0.692. The molecule has 0 saturated carbocycles. The van der Waals surface area contributed by atoms with Crippen molar-refractivity contribution in [3.8, 4) is 17.2 Å². The van der Waals surface area contributed by atoms with Gasteiger partial charge in [0.15, 0.2) is 0 Å². The third kappa shape index (κ3) is 5.26. The molecule has 2 aromatic heterocycles. The topological polar surface area (TPSA) is 71.6 Å². The van der Waals surface area contributed by atoms with Gasteiger partial charge in [-0.25, -0.2) is 4.98 Å². The molecule has 188 valence electrons. The average molecular weight is 499 g/mol. The Bertz CT molecular complexity index is 1700. The Morgan fingerprint density at radius 2 is 1.71 bits per heavy atom. The van der Waals surface area contributed by atoms with Crippen molar-refractivity contribution in [2.24, 2.45) is 0 Å². The van der Waals surface area contributed by atoms with Gasteiger partial charge in [-0.15, -0.1) is 0 Å². The van der Waals surface area contributed by atoms with Gasteiger partial charge in [0.1, 0.15) is 5.82 Å². The van der Waals surface area contributed by atoms with Crippen LogP contribution >= 0.6 is 0 Å². The SMILES string of the molecule is CCCCc1nc(C)n(Cc2ccc3ccccc3n2)c(=O)c1Cc1ccc(-c2ccccc2)c(C#N)c1. The zero-order valence-electron chi connectivity index (χ0n) is 21.8. The number of para-hydroxylation sites is 1. The van der Waals surface area contributed by atoms with Crippen molar-refractivity contribution >= 4 is 10.9 Å². The molecule has 0 aliphatic rings. The van der Waals surface area contributed by atoms with E-state index in [1.807, 2.05) is 91.9 Å². The number of aryl methyl sites for hydroxylation is 2. The highest BCUT2D eigenvalue weighted by atomic mass is 16.1. The summed E-state index contributed by atoms with van der Waals surface area (Å²) >= 11 is 0. The molecule has 0 N–H and O–H groups in total. The first-order chi connectivity index (χ1) is 18.6. The van der Waals surface area contributed by atoms with E-state index in [9.17, 15) is 10.1 Å². The van der Waals surface area contributed by atoms with Crippen LogP contribution in [0.3, 0.4) is 0 Å². The Labute approximate surface area is 223 Å². The van der Waals surface area contributed by atoms with Crippen LogP contribution in [0.5, 0.6) is 0 Å². The number of unbranched alkanes of at least 4 members (excludes halogenated alkanes) is 1. The third-order valence-corrected chi connectivity index (χ3v) is 6.95. The summed E-state index contributed by atoms with van der Waals surface area (Å²) in [7, 11) is 0. The van der Waals surface area contributed by atoms with Crippen LogP contribution in [-0.2, 0) is 19.4 Å². The number of benzene rings is 3. The second-order valence-electron chi connectivity index (χ2n) is 9.61. The van der Waals surface area contributed by atoms with Crippen molar-refractivity contribution in [1.82, 2.24) is 14.5 Å². The molecule has 0 fully saturated rings. The van der Waals surface area contributed by atoms with Gasteiger partial charge in [-0.2, -0.15) is 5.26 Å². The number of pyridine rings is 1. The highest BCUT2D eigenvalue weighted by molar-refractivity contribution is 5.78. The molecule has 0 spiro atoms. The van der Waals surface area contributed by atoms with Crippen molar-refractivity contribution in [3.63, 3.8) is 0 Å². The second-order valence-corrected chi connectivity index (χ2v) is 9.61. The van der Waals surface area contributed by atoms with Gasteiger partial charge in [0.25, 0.3) is 5.56 Å². The van der Waals surface area contributed by atoms with Gasteiger partial charge in [0, 0.05) is 17.4 Å². The minimum atomic E-state index is -0.0378. The average Bonchev–Trinajstić information content (AvgIpc) is 2.96. The molecular formula is C33H30N4O. The van der Waals surface area contributed by atoms with Crippen LogP contribution in [0.4, 0.5) is 0 Å². The zero-order valence-corrected chi connectivity index (χ0v) is 21.8. The molecule has 5 nitrogen and oxygen atoms in total. The molecule has 0 atom stereocenters. The Hall–Kier alpha value is -4.56. The second kappa shape index (κ2) is 11.2. The normalized spacial score (nSPS) is 11.0. The number of hydrogen-bond acceptors (Lipinski definition) is 4. The summed E-state index contributed by atoms with van der Waals surface area (Å²) < 4.78 is 1.73. The maximum absolute atomic E-state index is 13.9. The minimum absolute atomic E-state index is 0.0378. The molecular weight excluding hydrogens is 468 g/mol. The van der Waals surface area contributed by atoms with E-state index < -0.39 is 0 Å². The summed E-state index contributed by atoms with van der Waals surface area (Å²) in [6.07, 6.45) is 3.17. The van der Waals surface area contributed by atoms with Gasteiger partial charge >= 0.3 is 0 Å². The first-order valence-corrected chi connectivity index (χ1v) is 13.1. The lowest BCUT2D eigenvalue weighted by Gasteiger charge is -2.16. The van der Waals surface area contributed by atoms with Crippen LogP contribution in [0.1, 0.15) is 53.7 Å². The fourth-order valence-corrected chi connectivity index (χ4v) is 4.90. The smallest absolute Gasteiger partial charge is 0.257 e. The Balaban J connectivity index is 1.53. The van der Waals surface area contributed by atoms with E-state index in [2.05, 4.69) is 13.0 Å². The monoisotopic (exact) mass is 498 g/mol. The molecule has 2 heterocycles. The molecule has 0 radical (unpaired) electrons. The molecule has 0 saturated heterocycles. The molecule has 5 heteroatoms. The first-order valence-electron chi connectivity index (χ1n) is 13.1. The lowest BCUT2D eigenvalue weighted by molar-refractivity contribution is 0.655. The van der Waals surface area contributed by atoms with E-state index in [1.54, 1.807) is 4.57 Å². The number of aromatic nitrogens is 3. The quantitative estimate of drug-likeness (QED) is 0.241. The van der Waals surface area contributed by atoms with Crippen molar-refractivity contribution in [3.05, 3.63) is 129 Å². The third-order valence-electron chi connectivity index (χ3n) is 6.95. The summed E-state index contributed by atoms with van der Waals surface area (Å²) in [5.41, 5.74) is 6.66. The van der Waals surface area contributed by atoms with Gasteiger partial charge in [-0.3, -0.25) is 14.3 Å². The molecule has 0 amide bonds. The highest BCUT2D eigenvalue weighted by Gasteiger charge is 2.17. The number of hydrogen-bond donors (Lipinski definition) is 0. The highest BCUT2D eigenvalue weighted by Crippen LogP contribution is 2.25. The maximum Gasteiger partial charge on any atom is 0.257 e. The number of nitrogens with zero attached hydrogens (tertiary/aromatic N) is 4. The van der Waals surface area contributed by atoms with Crippen LogP contribution in [-0.4, -0.2) is 14.5 Å². The Morgan fingerprint density at radius 1 is 0.921 bits per heavy atom. The molecule has 0 bridgehead atoms. The molecule has 3 aromatic carbocycles. The van der Waals surface area contributed by atoms with E-state index in [1.165, 1.54) is 0 Å². The fraction of sp³-hybridized carbons (Fsp3) is 0.212. The first kappa shape index (κ1) is 25.1. The van der Waals surface area contributed by atoms with Crippen molar-refractivity contribution in [1.29, 1.82) is 5.26 Å². The predicted molar refractivity (Wildman–Crippen MR) is 152 cm³/mol. The number of fused-ring (bicyclic) bond motifs is 1. The fourth-order valence-electron chi connectivity index (χ4n) is 4.90. The van der Waals surface area contributed by atoms with Crippen LogP contribution in [0.25, 0.3) is 22.0 Å². The van der Waals surface area contributed by atoms with E-state index >= 15 is 0 Å². The number of rotatable bonds is 8. The van der Waals surface area contributed by atoms with Gasteiger partial charge in [0.05, 0.1) is 35.1 Å². The number of nitriles is 1. The standard InChI is InChI=1S/C33H30N4O/c1-3-4-13-32-30(20-24-15-18-29(27(19-24)21-34)25-10-6-5-7-11-25)33(38)37(23(2)35-32)22-28-17-16-26-12-8-9-14-31(26)36-28/h5-12,14-19H,3-4,13,20,22H2,1-2H3. The summed E-state index contributed by atoms with van der Waals surface area (Å²) in [4.78, 5) is 23.6. The van der Waals surface area contributed by atoms with Crippen LogP contribution in [0.15, 0.2) is 89.7 Å². The predicted octanol–water partition coefficient (Wildman–Crippen LogP) is 6.62. The van der Waals surface area contributed by atoms with Crippen LogP contribution < -0.4 is 5.56 Å². The molecule has 38 heavy (non-hydrogen) atoms. The van der Waals surface area contributed by atoms with Gasteiger partial charge in [0.2, 0.25) is 0 Å². The zero-order chi connectivity index (χ0) is 26.5. The Kier molecular flexibility index (Phi) is 7.42. The maximum atomic E-state index is 13.9. The van der Waals surface area contributed by atoms with Crippen molar-refractivity contribution in [2.75, 3.05) is 0 Å². The van der Waals surface area contributed by atoms with E-state index in [-0.39, 0.29) is 5.56 Å². The van der Waals surface area contributed by atoms with Crippen molar-refractivity contribution in [2.45, 2.75) is 46.1 Å². The largest absolute Gasteiger partial charge is 0.291 e.